The topological polar surface area (TPSA) is 127 Å². The van der Waals surface area contributed by atoms with Crippen LogP contribution < -0.4 is 0 Å². The fourth-order valence-corrected chi connectivity index (χ4v) is 7.67. The average molecular weight is 481 g/mol. The van der Waals surface area contributed by atoms with Crippen LogP contribution in [0.1, 0.15) is 66.2 Å². The quantitative estimate of drug-likeness (QED) is 0.585. The Labute approximate surface area is 197 Å². The van der Waals surface area contributed by atoms with Crippen LogP contribution in [-0.2, 0) is 28.7 Å². The lowest BCUT2D eigenvalue weighted by molar-refractivity contribution is -0.231. The molecule has 4 aliphatic carbocycles. The molecule has 0 aliphatic heterocycles. The van der Waals surface area contributed by atoms with Crippen molar-refractivity contribution in [2.45, 2.75) is 89.7 Å². The fraction of sp³-hybridized carbons (Fsp3) is 0.760. The summed E-state index contributed by atoms with van der Waals surface area (Å²) >= 11 is 0. The molecule has 0 bridgehead atoms. The van der Waals surface area contributed by atoms with Crippen molar-refractivity contribution in [1.82, 2.24) is 0 Å². The zero-order valence-electron chi connectivity index (χ0n) is 20.1. The Morgan fingerprint density at radius 1 is 1.15 bits per heavy atom. The monoisotopic (exact) mass is 480 g/mol. The predicted molar refractivity (Wildman–Crippen MR) is 116 cm³/mol. The van der Waals surface area contributed by atoms with Crippen LogP contribution >= 0.6 is 0 Å². The van der Waals surface area contributed by atoms with Crippen molar-refractivity contribution in [1.29, 1.82) is 0 Å². The number of carbonyl (C=O) groups is 4. The highest BCUT2D eigenvalue weighted by Crippen LogP contribution is 2.70. The zero-order chi connectivity index (χ0) is 25.3. The van der Waals surface area contributed by atoms with Gasteiger partial charge in [0.05, 0.1) is 6.10 Å². The third kappa shape index (κ3) is 3.15. The molecular formula is C25H33FO8. The molecule has 9 heteroatoms. The SMILES string of the molecule is CC(=O)OCC(=O)[C@@]1(O)[C@H](OC(C)=O)C[C@H]2[C@@H]3CCC4=CC(=O)CC[C@]4(C)[C@@]3(F)[C@@H](O)C[C@@]21C. The van der Waals surface area contributed by atoms with E-state index in [0.29, 0.717) is 18.4 Å². The molecular weight excluding hydrogens is 447 g/mol. The fourth-order valence-electron chi connectivity index (χ4n) is 7.67. The maximum Gasteiger partial charge on any atom is 0.303 e. The van der Waals surface area contributed by atoms with Crippen LogP contribution in [0, 0.1) is 22.7 Å². The van der Waals surface area contributed by atoms with E-state index in [-0.39, 0.29) is 31.5 Å². The van der Waals surface area contributed by atoms with E-state index < -0.39 is 70.5 Å². The molecule has 3 fully saturated rings. The summed E-state index contributed by atoms with van der Waals surface area (Å²) in [6.07, 6.45) is -0.241. The van der Waals surface area contributed by atoms with E-state index in [4.69, 9.17) is 9.47 Å². The smallest absolute Gasteiger partial charge is 0.303 e. The van der Waals surface area contributed by atoms with Crippen LogP contribution in [0.15, 0.2) is 11.6 Å². The Balaban J connectivity index is 1.79. The third-order valence-electron chi connectivity index (χ3n) is 9.38. The number of Topliss-reactive ketones (excluding diaryl/α,β-unsaturated/α-hetero) is 1. The van der Waals surface area contributed by atoms with Crippen LogP contribution in [0.25, 0.3) is 0 Å². The van der Waals surface area contributed by atoms with Crippen LogP contribution in [0.3, 0.4) is 0 Å². The summed E-state index contributed by atoms with van der Waals surface area (Å²) in [5.74, 6) is -3.63. The van der Waals surface area contributed by atoms with Crippen LogP contribution in [0.5, 0.6) is 0 Å². The maximum absolute atomic E-state index is 17.2. The normalized spacial score (nSPS) is 45.4. The van der Waals surface area contributed by atoms with Crippen molar-refractivity contribution < 1.29 is 43.3 Å². The summed E-state index contributed by atoms with van der Waals surface area (Å²) in [4.78, 5) is 48.5. The number of hydrogen-bond acceptors (Lipinski definition) is 8. The first-order valence-electron chi connectivity index (χ1n) is 11.9. The summed E-state index contributed by atoms with van der Waals surface area (Å²) < 4.78 is 27.5. The lowest BCUT2D eigenvalue weighted by atomic mass is 9.44. The third-order valence-corrected chi connectivity index (χ3v) is 9.38. The van der Waals surface area contributed by atoms with Crippen LogP contribution in [-0.4, -0.2) is 63.8 Å². The minimum Gasteiger partial charge on any atom is -0.459 e. The molecule has 0 aromatic heterocycles. The number of ether oxygens (including phenoxy) is 2. The first-order chi connectivity index (χ1) is 15.7. The van der Waals surface area contributed by atoms with Gasteiger partial charge in [-0.2, -0.15) is 0 Å². The van der Waals surface area contributed by atoms with Crippen LogP contribution in [0.2, 0.25) is 0 Å². The molecule has 0 unspecified atom stereocenters. The van der Waals surface area contributed by atoms with Gasteiger partial charge in [-0.3, -0.25) is 19.2 Å². The Bertz CT molecular complexity index is 976. The van der Waals surface area contributed by atoms with Gasteiger partial charge < -0.3 is 19.7 Å². The van der Waals surface area contributed by atoms with Crippen molar-refractivity contribution in [3.63, 3.8) is 0 Å². The second kappa shape index (κ2) is 7.95. The van der Waals surface area contributed by atoms with Gasteiger partial charge in [0.2, 0.25) is 5.78 Å². The highest BCUT2D eigenvalue weighted by atomic mass is 19.1. The molecule has 0 radical (unpaired) electrons. The molecule has 34 heavy (non-hydrogen) atoms. The van der Waals surface area contributed by atoms with Crippen molar-refractivity contribution in [2.24, 2.45) is 22.7 Å². The average Bonchev–Trinajstić information content (AvgIpc) is 2.95. The Hall–Kier alpha value is -2.13. The molecule has 0 aromatic rings. The Morgan fingerprint density at radius 2 is 1.82 bits per heavy atom. The molecule has 8 atom stereocenters. The number of esters is 2. The number of alkyl halides is 1. The zero-order valence-corrected chi connectivity index (χ0v) is 20.1. The summed E-state index contributed by atoms with van der Waals surface area (Å²) in [5, 5.41) is 23.2. The number of fused-ring (bicyclic) bond motifs is 5. The molecule has 0 spiro atoms. The lowest BCUT2D eigenvalue weighted by Crippen LogP contribution is -2.70. The summed E-state index contributed by atoms with van der Waals surface area (Å²) in [5.41, 5.74) is -6.02. The Kier molecular flexibility index (Phi) is 5.84. The number of halogens is 1. The van der Waals surface area contributed by atoms with E-state index >= 15 is 4.39 Å². The number of ketones is 2. The molecule has 0 saturated heterocycles. The van der Waals surface area contributed by atoms with Crippen LogP contribution in [0.4, 0.5) is 4.39 Å². The Morgan fingerprint density at radius 3 is 2.44 bits per heavy atom. The molecule has 8 nitrogen and oxygen atoms in total. The lowest BCUT2D eigenvalue weighted by Gasteiger charge is -2.63. The predicted octanol–water partition coefficient (Wildman–Crippen LogP) is 1.99. The molecule has 4 rings (SSSR count). The largest absolute Gasteiger partial charge is 0.459 e. The van der Waals surface area contributed by atoms with Gasteiger partial charge in [0.15, 0.2) is 18.0 Å². The van der Waals surface area contributed by atoms with Crippen molar-refractivity contribution >= 4 is 23.5 Å². The van der Waals surface area contributed by atoms with Gasteiger partial charge in [-0.25, -0.2) is 4.39 Å². The number of carbonyl (C=O) groups excluding carboxylic acids is 4. The molecule has 2 N–H and O–H groups in total. The summed E-state index contributed by atoms with van der Waals surface area (Å²) in [6.45, 7) is 4.94. The first kappa shape index (κ1) is 25.0. The van der Waals surface area contributed by atoms with E-state index in [1.165, 1.54) is 6.08 Å². The van der Waals surface area contributed by atoms with E-state index in [1.807, 2.05) is 0 Å². The number of aliphatic hydroxyl groups is 2. The molecule has 0 heterocycles. The van der Waals surface area contributed by atoms with E-state index in [9.17, 15) is 29.4 Å². The molecule has 3 saturated carbocycles. The highest BCUT2D eigenvalue weighted by molar-refractivity contribution is 5.92. The second-order valence-electron chi connectivity index (χ2n) is 10.9. The van der Waals surface area contributed by atoms with Crippen molar-refractivity contribution in [3.8, 4) is 0 Å². The van der Waals surface area contributed by atoms with Gasteiger partial charge in [-0.15, -0.1) is 0 Å². The minimum absolute atomic E-state index is 0.0372. The van der Waals surface area contributed by atoms with E-state index in [2.05, 4.69) is 0 Å². The molecule has 4 aliphatic rings. The van der Waals surface area contributed by atoms with Crippen molar-refractivity contribution in [3.05, 3.63) is 11.6 Å². The minimum atomic E-state index is -2.26. The van der Waals surface area contributed by atoms with Gasteiger partial charge in [0.25, 0.3) is 0 Å². The van der Waals surface area contributed by atoms with Gasteiger partial charge in [0.1, 0.15) is 11.8 Å². The highest BCUT2D eigenvalue weighted by Gasteiger charge is 2.77. The second-order valence-corrected chi connectivity index (χ2v) is 10.9. The molecule has 0 amide bonds. The van der Waals surface area contributed by atoms with Crippen molar-refractivity contribution in [2.75, 3.05) is 6.61 Å². The standard InChI is InChI=1S/C25H33FO8/c1-13(27)33-12-20(31)25(32)21(34-14(2)28)10-18-17-6-5-15-9-16(29)7-8-22(15,3)24(17,26)19(30)11-23(18,25)4/h9,17-19,21,30,32H,5-8,10-12H2,1-4H3/t17-,18-,19-,21+,22-,23-,24-,25+/m0/s1. The first-order valence-corrected chi connectivity index (χ1v) is 11.9. The van der Waals surface area contributed by atoms with Gasteiger partial charge in [-0.05, 0) is 44.1 Å². The number of allylic oxidation sites excluding steroid dienone is 1. The van der Waals surface area contributed by atoms with Gasteiger partial charge in [-0.1, -0.05) is 19.4 Å². The number of aliphatic hydroxyl groups excluding tert-OH is 1. The number of hydrogen-bond donors (Lipinski definition) is 2. The van der Waals surface area contributed by atoms with Gasteiger partial charge >= 0.3 is 11.9 Å². The van der Waals surface area contributed by atoms with E-state index in [1.54, 1.807) is 13.8 Å². The number of rotatable bonds is 4. The van der Waals surface area contributed by atoms with Gasteiger partial charge in [0, 0.05) is 37.0 Å². The maximum atomic E-state index is 17.2. The molecule has 188 valence electrons. The summed E-state index contributed by atoms with van der Waals surface area (Å²) in [7, 11) is 0. The molecule has 0 aromatic carbocycles. The summed E-state index contributed by atoms with van der Waals surface area (Å²) in [6, 6.07) is 0. The van der Waals surface area contributed by atoms with E-state index in [0.717, 1.165) is 13.8 Å².